The number of aliphatic imine (C=N–C) groups is 1. The number of hydrogen-bond donors (Lipinski definition) is 1. The molecular formula is C10H15N3S2. The number of thioether (sulfide) groups is 1. The molecule has 3 nitrogen and oxygen atoms in total. The topological polar surface area (TPSA) is 37.3 Å². The number of amidine groups is 1. The summed E-state index contributed by atoms with van der Waals surface area (Å²) in [5.74, 6) is 1.80. The summed E-state index contributed by atoms with van der Waals surface area (Å²) >= 11 is 3.47. The zero-order valence-electron chi connectivity index (χ0n) is 8.93. The van der Waals surface area contributed by atoms with Crippen molar-refractivity contribution in [2.75, 3.05) is 5.75 Å². The fourth-order valence-corrected chi connectivity index (χ4v) is 3.07. The molecule has 1 atom stereocenters. The van der Waals surface area contributed by atoms with E-state index in [0.29, 0.717) is 18.5 Å². The summed E-state index contributed by atoms with van der Waals surface area (Å²) < 4.78 is 0. The van der Waals surface area contributed by atoms with Crippen molar-refractivity contribution in [1.82, 2.24) is 10.3 Å². The van der Waals surface area contributed by atoms with Crippen LogP contribution >= 0.6 is 23.1 Å². The van der Waals surface area contributed by atoms with Crippen molar-refractivity contribution in [2.24, 2.45) is 10.9 Å². The maximum Gasteiger partial charge on any atom is 0.157 e. The Kier molecular flexibility index (Phi) is 3.64. The Bertz CT molecular complexity index is 332. The summed E-state index contributed by atoms with van der Waals surface area (Å²) in [5.41, 5.74) is 0. The molecule has 1 saturated heterocycles. The second kappa shape index (κ2) is 4.99. The highest BCUT2D eigenvalue weighted by Gasteiger charge is 2.22. The van der Waals surface area contributed by atoms with Gasteiger partial charge in [0.25, 0.3) is 0 Å². The van der Waals surface area contributed by atoms with Crippen molar-refractivity contribution in [3.05, 3.63) is 16.6 Å². The molecule has 2 heterocycles. The molecule has 0 saturated carbocycles. The van der Waals surface area contributed by atoms with E-state index < -0.39 is 0 Å². The van der Waals surface area contributed by atoms with Gasteiger partial charge in [-0.2, -0.15) is 0 Å². The first-order chi connectivity index (χ1) is 7.25. The van der Waals surface area contributed by atoms with E-state index in [9.17, 15) is 0 Å². The van der Waals surface area contributed by atoms with Crippen LogP contribution in [0.1, 0.15) is 18.9 Å². The fourth-order valence-electron chi connectivity index (χ4n) is 1.33. The fraction of sp³-hybridized carbons (Fsp3) is 0.600. The van der Waals surface area contributed by atoms with Gasteiger partial charge in [0.15, 0.2) is 5.17 Å². The van der Waals surface area contributed by atoms with Crippen LogP contribution in [0, 0.1) is 5.92 Å². The Balaban J connectivity index is 1.88. The van der Waals surface area contributed by atoms with Gasteiger partial charge < -0.3 is 5.32 Å². The van der Waals surface area contributed by atoms with Gasteiger partial charge in [0.2, 0.25) is 0 Å². The average molecular weight is 241 g/mol. The van der Waals surface area contributed by atoms with Gasteiger partial charge in [0, 0.05) is 23.4 Å². The Hall–Kier alpha value is -0.550. The quantitative estimate of drug-likeness (QED) is 0.882. The highest BCUT2D eigenvalue weighted by atomic mass is 32.2. The normalized spacial score (nSPS) is 23.7. The predicted molar refractivity (Wildman–Crippen MR) is 67.5 cm³/mol. The first-order valence-corrected chi connectivity index (χ1v) is 6.94. The van der Waals surface area contributed by atoms with Crippen molar-refractivity contribution in [3.8, 4) is 0 Å². The van der Waals surface area contributed by atoms with Crippen LogP contribution in [0.25, 0.3) is 0 Å². The summed E-state index contributed by atoms with van der Waals surface area (Å²) in [6.45, 7) is 5.18. The maximum atomic E-state index is 4.51. The largest absolute Gasteiger partial charge is 0.361 e. The van der Waals surface area contributed by atoms with Gasteiger partial charge in [-0.1, -0.05) is 25.6 Å². The third kappa shape index (κ3) is 2.95. The summed E-state index contributed by atoms with van der Waals surface area (Å²) in [7, 11) is 0. The average Bonchev–Trinajstić information content (AvgIpc) is 2.86. The van der Waals surface area contributed by atoms with Crippen LogP contribution in [0.3, 0.4) is 0 Å². The zero-order chi connectivity index (χ0) is 10.7. The number of nitrogens with zero attached hydrogens (tertiary/aromatic N) is 2. The van der Waals surface area contributed by atoms with Gasteiger partial charge in [-0.25, -0.2) is 4.98 Å². The van der Waals surface area contributed by atoms with Gasteiger partial charge in [0.05, 0.1) is 6.54 Å². The molecule has 0 amide bonds. The van der Waals surface area contributed by atoms with Crippen molar-refractivity contribution in [3.63, 3.8) is 0 Å². The summed E-state index contributed by atoms with van der Waals surface area (Å²) in [5, 5.41) is 7.58. The van der Waals surface area contributed by atoms with Crippen LogP contribution in [-0.4, -0.2) is 21.9 Å². The lowest BCUT2D eigenvalue weighted by molar-refractivity contribution is 0.503. The van der Waals surface area contributed by atoms with Gasteiger partial charge in [-0.15, -0.1) is 11.3 Å². The molecule has 0 aliphatic carbocycles. The first kappa shape index (κ1) is 11.0. The summed E-state index contributed by atoms with van der Waals surface area (Å²) in [4.78, 5) is 8.72. The summed E-state index contributed by atoms with van der Waals surface area (Å²) in [6, 6.07) is 0.574. The summed E-state index contributed by atoms with van der Waals surface area (Å²) in [6.07, 6.45) is 1.83. The Labute approximate surface area is 98.4 Å². The Morgan fingerprint density at radius 2 is 2.53 bits per heavy atom. The molecule has 15 heavy (non-hydrogen) atoms. The second-order valence-electron chi connectivity index (χ2n) is 3.85. The van der Waals surface area contributed by atoms with E-state index in [1.54, 1.807) is 11.3 Å². The number of rotatable bonds is 3. The third-order valence-corrected chi connectivity index (χ3v) is 4.17. The Morgan fingerprint density at radius 3 is 3.13 bits per heavy atom. The minimum Gasteiger partial charge on any atom is -0.361 e. The van der Waals surface area contributed by atoms with Crippen LogP contribution in [0.15, 0.2) is 16.6 Å². The number of thiazole rings is 1. The Morgan fingerprint density at radius 1 is 1.67 bits per heavy atom. The molecule has 1 aromatic heterocycles. The molecular weight excluding hydrogens is 226 g/mol. The zero-order valence-corrected chi connectivity index (χ0v) is 10.6. The molecule has 0 aromatic carbocycles. The van der Waals surface area contributed by atoms with Crippen molar-refractivity contribution >= 4 is 28.3 Å². The SMILES string of the molecule is CC(C)C1CSC(=NCc2nccs2)N1. The van der Waals surface area contributed by atoms with Gasteiger partial charge in [-0.05, 0) is 5.92 Å². The molecule has 2 rings (SSSR count). The van der Waals surface area contributed by atoms with Crippen LogP contribution in [-0.2, 0) is 6.54 Å². The number of nitrogens with one attached hydrogen (secondary N) is 1. The van der Waals surface area contributed by atoms with Crippen LogP contribution in [0.2, 0.25) is 0 Å². The van der Waals surface area contributed by atoms with Gasteiger partial charge in [-0.3, -0.25) is 4.99 Å². The lowest BCUT2D eigenvalue weighted by atomic mass is 10.1. The smallest absolute Gasteiger partial charge is 0.157 e. The maximum absolute atomic E-state index is 4.51. The van der Waals surface area contributed by atoms with E-state index in [-0.39, 0.29) is 0 Å². The number of hydrogen-bond acceptors (Lipinski definition) is 4. The second-order valence-corrected chi connectivity index (χ2v) is 5.84. The lowest BCUT2D eigenvalue weighted by Gasteiger charge is -2.12. The molecule has 0 radical (unpaired) electrons. The molecule has 0 spiro atoms. The lowest BCUT2D eigenvalue weighted by Crippen LogP contribution is -2.31. The molecule has 82 valence electrons. The monoisotopic (exact) mass is 241 g/mol. The molecule has 1 aliphatic rings. The molecule has 1 unspecified atom stereocenters. The molecule has 5 heteroatoms. The van der Waals surface area contributed by atoms with Crippen molar-refractivity contribution < 1.29 is 0 Å². The molecule has 1 aliphatic heterocycles. The van der Waals surface area contributed by atoms with Gasteiger partial charge in [0.1, 0.15) is 5.01 Å². The standard InChI is InChI=1S/C10H15N3S2/c1-7(2)8-6-15-10(13-8)12-5-9-11-3-4-14-9/h3-4,7-8H,5-6H2,1-2H3,(H,12,13). The van der Waals surface area contributed by atoms with E-state index in [2.05, 4.69) is 29.1 Å². The molecule has 1 aromatic rings. The number of aromatic nitrogens is 1. The van der Waals surface area contributed by atoms with Crippen molar-refractivity contribution in [2.45, 2.75) is 26.4 Å². The van der Waals surface area contributed by atoms with Gasteiger partial charge >= 0.3 is 0 Å². The van der Waals surface area contributed by atoms with E-state index in [1.165, 1.54) is 0 Å². The first-order valence-electron chi connectivity index (χ1n) is 5.08. The van der Waals surface area contributed by atoms with E-state index in [4.69, 9.17) is 0 Å². The van der Waals surface area contributed by atoms with E-state index >= 15 is 0 Å². The highest BCUT2D eigenvalue weighted by molar-refractivity contribution is 8.14. The molecule has 1 N–H and O–H groups in total. The van der Waals surface area contributed by atoms with E-state index in [1.807, 2.05) is 23.3 Å². The van der Waals surface area contributed by atoms with Crippen LogP contribution < -0.4 is 5.32 Å². The predicted octanol–water partition coefficient (Wildman–Crippen LogP) is 2.36. The molecule has 1 fully saturated rings. The van der Waals surface area contributed by atoms with Crippen LogP contribution in [0.5, 0.6) is 0 Å². The minimum atomic E-state index is 0.574. The van der Waals surface area contributed by atoms with E-state index in [0.717, 1.165) is 15.9 Å². The highest BCUT2D eigenvalue weighted by Crippen LogP contribution is 2.19. The van der Waals surface area contributed by atoms with Crippen LogP contribution in [0.4, 0.5) is 0 Å². The molecule has 0 bridgehead atoms. The van der Waals surface area contributed by atoms with Crippen molar-refractivity contribution in [1.29, 1.82) is 0 Å². The minimum absolute atomic E-state index is 0.574. The third-order valence-electron chi connectivity index (χ3n) is 2.35.